The molecule has 1 aliphatic rings. The van der Waals surface area contributed by atoms with Gasteiger partial charge in [0.25, 0.3) is 0 Å². The zero-order chi connectivity index (χ0) is 14.0. The summed E-state index contributed by atoms with van der Waals surface area (Å²) < 4.78 is 0. The van der Waals surface area contributed by atoms with Gasteiger partial charge >= 0.3 is 0 Å². The van der Waals surface area contributed by atoms with Crippen LogP contribution < -0.4 is 0 Å². The van der Waals surface area contributed by atoms with Crippen LogP contribution in [-0.4, -0.2) is 23.1 Å². The van der Waals surface area contributed by atoms with Gasteiger partial charge in [-0.1, -0.05) is 60.2 Å². The molecule has 0 radical (unpaired) electrons. The van der Waals surface area contributed by atoms with Crippen molar-refractivity contribution in [1.29, 1.82) is 0 Å². The van der Waals surface area contributed by atoms with Gasteiger partial charge in [0.05, 0.1) is 0 Å². The fourth-order valence-electron chi connectivity index (χ4n) is 2.95. The molecule has 0 saturated carbocycles. The second kappa shape index (κ2) is 5.39. The first kappa shape index (κ1) is 13.3. The van der Waals surface area contributed by atoms with E-state index in [0.29, 0.717) is 6.54 Å². The predicted molar refractivity (Wildman–Crippen MR) is 81.4 cm³/mol. The Morgan fingerprint density at radius 3 is 2.45 bits per heavy atom. The lowest BCUT2D eigenvalue weighted by molar-refractivity contribution is 0.0453. The van der Waals surface area contributed by atoms with E-state index in [4.69, 9.17) is 0 Å². The van der Waals surface area contributed by atoms with Crippen LogP contribution in [-0.2, 0) is 12.1 Å². The molecule has 0 spiro atoms. The van der Waals surface area contributed by atoms with Crippen LogP contribution in [0, 0.1) is 6.92 Å². The van der Waals surface area contributed by atoms with E-state index < -0.39 is 5.60 Å². The molecule has 2 aromatic rings. The lowest BCUT2D eigenvalue weighted by Gasteiger charge is -2.24. The molecule has 1 fully saturated rings. The highest BCUT2D eigenvalue weighted by molar-refractivity contribution is 5.28. The van der Waals surface area contributed by atoms with Crippen molar-refractivity contribution in [2.75, 3.05) is 13.1 Å². The van der Waals surface area contributed by atoms with Crippen LogP contribution in [0.2, 0.25) is 0 Å². The predicted octanol–water partition coefficient (Wildman–Crippen LogP) is 3.09. The highest BCUT2D eigenvalue weighted by Gasteiger charge is 2.37. The van der Waals surface area contributed by atoms with Crippen LogP contribution in [0.15, 0.2) is 54.6 Å². The number of hydrogen-bond acceptors (Lipinski definition) is 2. The quantitative estimate of drug-likeness (QED) is 0.923. The Labute approximate surface area is 120 Å². The Morgan fingerprint density at radius 1 is 1.05 bits per heavy atom. The highest BCUT2D eigenvalue weighted by Crippen LogP contribution is 2.32. The molecule has 0 amide bonds. The summed E-state index contributed by atoms with van der Waals surface area (Å²) in [5.74, 6) is 0. The van der Waals surface area contributed by atoms with Gasteiger partial charge < -0.3 is 5.11 Å². The number of hydrogen-bond donors (Lipinski definition) is 1. The van der Waals surface area contributed by atoms with E-state index in [0.717, 1.165) is 25.1 Å². The van der Waals surface area contributed by atoms with Crippen LogP contribution >= 0.6 is 0 Å². The maximum Gasteiger partial charge on any atom is 0.103 e. The van der Waals surface area contributed by atoms with Crippen LogP contribution in [0.4, 0.5) is 0 Å². The minimum atomic E-state index is -0.692. The molecule has 1 heterocycles. The van der Waals surface area contributed by atoms with Gasteiger partial charge in [0.1, 0.15) is 5.60 Å². The summed E-state index contributed by atoms with van der Waals surface area (Å²) >= 11 is 0. The number of nitrogens with zero attached hydrogens (tertiary/aromatic N) is 1. The third-order valence-electron chi connectivity index (χ3n) is 4.16. The smallest absolute Gasteiger partial charge is 0.103 e. The van der Waals surface area contributed by atoms with Crippen molar-refractivity contribution in [2.24, 2.45) is 0 Å². The van der Waals surface area contributed by atoms with Gasteiger partial charge in [-0.25, -0.2) is 0 Å². The van der Waals surface area contributed by atoms with Crippen molar-refractivity contribution in [1.82, 2.24) is 4.90 Å². The normalized spacial score (nSPS) is 23.1. The summed E-state index contributed by atoms with van der Waals surface area (Å²) in [6, 6.07) is 18.7. The van der Waals surface area contributed by atoms with Crippen molar-refractivity contribution in [3.63, 3.8) is 0 Å². The zero-order valence-corrected chi connectivity index (χ0v) is 11.9. The largest absolute Gasteiger partial charge is 0.384 e. The maximum absolute atomic E-state index is 10.9. The first-order valence-corrected chi connectivity index (χ1v) is 7.22. The molecule has 1 saturated heterocycles. The average Bonchev–Trinajstić information content (AvgIpc) is 2.83. The number of aliphatic hydroxyl groups is 1. The Balaban J connectivity index is 1.71. The molecule has 1 atom stereocenters. The molecule has 1 aliphatic heterocycles. The summed E-state index contributed by atoms with van der Waals surface area (Å²) in [7, 11) is 0. The third-order valence-corrected chi connectivity index (χ3v) is 4.16. The number of likely N-dealkylation sites (tertiary alicyclic amines) is 1. The fourth-order valence-corrected chi connectivity index (χ4v) is 2.95. The zero-order valence-electron chi connectivity index (χ0n) is 11.9. The molecule has 2 aromatic carbocycles. The van der Waals surface area contributed by atoms with E-state index in [2.05, 4.69) is 60.4 Å². The molecule has 1 unspecified atom stereocenters. The van der Waals surface area contributed by atoms with Gasteiger partial charge in [-0.2, -0.15) is 0 Å². The molecular weight excluding hydrogens is 246 g/mol. The Kier molecular flexibility index (Phi) is 3.60. The minimum Gasteiger partial charge on any atom is -0.384 e. The van der Waals surface area contributed by atoms with E-state index in [1.54, 1.807) is 0 Å². The molecule has 1 N–H and O–H groups in total. The summed E-state index contributed by atoms with van der Waals surface area (Å²) in [4.78, 5) is 2.33. The molecule has 104 valence electrons. The number of rotatable bonds is 3. The van der Waals surface area contributed by atoms with Gasteiger partial charge in [0.15, 0.2) is 0 Å². The number of aryl methyl sites for hydroxylation is 1. The van der Waals surface area contributed by atoms with Crippen LogP contribution in [0.25, 0.3) is 0 Å². The molecular formula is C18H21NO. The minimum absolute atomic E-state index is 0.692. The Morgan fingerprint density at radius 2 is 1.75 bits per heavy atom. The van der Waals surface area contributed by atoms with Crippen molar-refractivity contribution in [3.05, 3.63) is 71.3 Å². The van der Waals surface area contributed by atoms with E-state index in [1.165, 1.54) is 11.1 Å². The van der Waals surface area contributed by atoms with Crippen molar-refractivity contribution in [2.45, 2.75) is 25.5 Å². The lowest BCUT2D eigenvalue weighted by Crippen LogP contribution is -2.30. The summed E-state index contributed by atoms with van der Waals surface area (Å²) in [5, 5.41) is 10.9. The lowest BCUT2D eigenvalue weighted by atomic mass is 9.92. The molecule has 0 bridgehead atoms. The second-order valence-corrected chi connectivity index (χ2v) is 5.84. The topological polar surface area (TPSA) is 23.5 Å². The average molecular weight is 267 g/mol. The maximum atomic E-state index is 10.9. The SMILES string of the molecule is Cc1ccc(C2(O)CCN(Cc3ccccc3)C2)cc1. The fraction of sp³-hybridized carbons (Fsp3) is 0.333. The van der Waals surface area contributed by atoms with Crippen molar-refractivity contribution in [3.8, 4) is 0 Å². The summed E-state index contributed by atoms with van der Waals surface area (Å²) in [6.07, 6.45) is 0.808. The molecule has 3 rings (SSSR count). The van der Waals surface area contributed by atoms with E-state index >= 15 is 0 Å². The molecule has 0 aromatic heterocycles. The van der Waals surface area contributed by atoms with Gasteiger partial charge in [-0.05, 0) is 24.5 Å². The Hall–Kier alpha value is -1.64. The van der Waals surface area contributed by atoms with E-state index in [9.17, 15) is 5.11 Å². The van der Waals surface area contributed by atoms with Crippen LogP contribution in [0.3, 0.4) is 0 Å². The van der Waals surface area contributed by atoms with Gasteiger partial charge in [-0.15, -0.1) is 0 Å². The monoisotopic (exact) mass is 267 g/mol. The third kappa shape index (κ3) is 2.77. The molecule has 0 aliphatic carbocycles. The van der Waals surface area contributed by atoms with E-state index in [-0.39, 0.29) is 0 Å². The molecule has 2 heteroatoms. The van der Waals surface area contributed by atoms with Crippen LogP contribution in [0.1, 0.15) is 23.1 Å². The van der Waals surface area contributed by atoms with E-state index in [1.807, 2.05) is 6.07 Å². The first-order valence-electron chi connectivity index (χ1n) is 7.22. The van der Waals surface area contributed by atoms with Crippen molar-refractivity contribution < 1.29 is 5.11 Å². The second-order valence-electron chi connectivity index (χ2n) is 5.84. The first-order chi connectivity index (χ1) is 9.66. The highest BCUT2D eigenvalue weighted by atomic mass is 16.3. The van der Waals surface area contributed by atoms with Crippen molar-refractivity contribution >= 4 is 0 Å². The summed E-state index contributed by atoms with van der Waals surface area (Å²) in [6.45, 7) is 4.64. The number of benzene rings is 2. The van der Waals surface area contributed by atoms with Crippen LogP contribution in [0.5, 0.6) is 0 Å². The molecule has 2 nitrogen and oxygen atoms in total. The van der Waals surface area contributed by atoms with Gasteiger partial charge in [0.2, 0.25) is 0 Å². The number of β-amino-alcohol motifs (C(OH)–C–C–N with tert-alkyl or cyclic N) is 1. The Bertz CT molecular complexity index is 564. The molecule has 20 heavy (non-hydrogen) atoms. The summed E-state index contributed by atoms with van der Waals surface area (Å²) in [5.41, 5.74) is 2.89. The van der Waals surface area contributed by atoms with Gasteiger partial charge in [-0.3, -0.25) is 4.90 Å². The van der Waals surface area contributed by atoms with Gasteiger partial charge in [0, 0.05) is 19.6 Å². The standard InChI is InChI=1S/C18H21NO/c1-15-7-9-17(10-8-15)18(20)11-12-19(14-18)13-16-5-3-2-4-6-16/h2-10,20H,11-14H2,1H3.